The van der Waals surface area contributed by atoms with Crippen LogP contribution in [0.2, 0.25) is 0 Å². The molecule has 7 heteroatoms. The Morgan fingerprint density at radius 1 is 1.09 bits per heavy atom. The third-order valence-electron chi connectivity index (χ3n) is 11.4. The quantitative estimate of drug-likeness (QED) is 0.241. The average Bonchev–Trinajstić information content (AvgIpc) is 3.79. The van der Waals surface area contributed by atoms with E-state index in [0.717, 1.165) is 59.7 Å². The molecule has 1 spiro atoms. The van der Waals surface area contributed by atoms with Crippen LogP contribution >= 0.6 is 0 Å². The number of nitriles is 1. The Labute approximate surface area is 264 Å². The molecule has 2 aromatic carbocycles. The third-order valence-corrected chi connectivity index (χ3v) is 11.4. The van der Waals surface area contributed by atoms with Gasteiger partial charge in [0.25, 0.3) is 5.91 Å². The first kappa shape index (κ1) is 28.2. The summed E-state index contributed by atoms with van der Waals surface area (Å²) in [6, 6.07) is 18.2. The van der Waals surface area contributed by atoms with Crippen LogP contribution in [-0.4, -0.2) is 37.1 Å². The summed E-state index contributed by atoms with van der Waals surface area (Å²) in [5, 5.41) is 13.4. The second kappa shape index (κ2) is 10.9. The molecule has 2 bridgehead atoms. The SMILES string of the molecule is COc1cc(C(=O)NC2CC34CCC(CCCC23)C4)ccc1-c1cc2nccc(-c3ccc(N4CCC(C)C4)c(C#N)c3)c2o1. The van der Waals surface area contributed by atoms with Crippen molar-refractivity contribution in [1.82, 2.24) is 10.3 Å². The molecule has 5 atom stereocenters. The lowest BCUT2D eigenvalue weighted by Gasteiger charge is -2.54. The molecule has 5 unspecified atom stereocenters. The van der Waals surface area contributed by atoms with Gasteiger partial charge >= 0.3 is 0 Å². The lowest BCUT2D eigenvalue weighted by Crippen LogP contribution is -2.58. The zero-order valence-corrected chi connectivity index (χ0v) is 26.1. The van der Waals surface area contributed by atoms with E-state index in [0.29, 0.717) is 45.5 Å². The number of nitrogens with one attached hydrogen (secondary N) is 1. The van der Waals surface area contributed by atoms with Gasteiger partial charge in [0, 0.05) is 42.5 Å². The maximum absolute atomic E-state index is 13.4. The van der Waals surface area contributed by atoms with Crippen molar-refractivity contribution in [3.05, 3.63) is 65.9 Å². The van der Waals surface area contributed by atoms with Crippen LogP contribution in [0, 0.1) is 34.5 Å². The van der Waals surface area contributed by atoms with Crippen molar-refractivity contribution >= 4 is 22.7 Å². The molecule has 3 aliphatic carbocycles. The predicted octanol–water partition coefficient (Wildman–Crippen LogP) is 7.98. The number of amides is 1. The van der Waals surface area contributed by atoms with E-state index in [1.165, 1.54) is 38.5 Å². The molecule has 45 heavy (non-hydrogen) atoms. The molecule has 2 aromatic heterocycles. The van der Waals surface area contributed by atoms with Crippen molar-refractivity contribution in [1.29, 1.82) is 5.26 Å². The monoisotopic (exact) mass is 600 g/mol. The fourth-order valence-corrected chi connectivity index (χ4v) is 9.13. The highest BCUT2D eigenvalue weighted by molar-refractivity contribution is 5.97. The molecule has 4 aromatic rings. The molecule has 3 saturated carbocycles. The van der Waals surface area contributed by atoms with Crippen LogP contribution in [0.3, 0.4) is 0 Å². The average molecular weight is 601 g/mol. The van der Waals surface area contributed by atoms with Gasteiger partial charge < -0.3 is 19.4 Å². The summed E-state index contributed by atoms with van der Waals surface area (Å²) in [6.07, 6.45) is 12.0. The van der Waals surface area contributed by atoms with E-state index in [-0.39, 0.29) is 11.9 Å². The molecule has 1 aliphatic heterocycles. The molecule has 4 aliphatic rings. The predicted molar refractivity (Wildman–Crippen MR) is 175 cm³/mol. The maximum Gasteiger partial charge on any atom is 0.251 e. The minimum absolute atomic E-state index is 0.0350. The number of pyridine rings is 1. The van der Waals surface area contributed by atoms with Crippen LogP contribution < -0.4 is 15.0 Å². The number of methoxy groups -OCH3 is 1. The molecule has 1 saturated heterocycles. The lowest BCUT2D eigenvalue weighted by molar-refractivity contribution is -0.00950. The summed E-state index contributed by atoms with van der Waals surface area (Å²) in [6.45, 7) is 4.20. The van der Waals surface area contributed by atoms with Crippen LogP contribution in [-0.2, 0) is 0 Å². The number of furan rings is 1. The minimum atomic E-state index is -0.0350. The Kier molecular flexibility index (Phi) is 6.85. The Balaban J connectivity index is 1.05. The zero-order chi connectivity index (χ0) is 30.7. The van der Waals surface area contributed by atoms with E-state index >= 15 is 0 Å². The number of ether oxygens (including phenoxy) is 1. The second-order valence-electron chi connectivity index (χ2n) is 14.1. The molecule has 4 fully saturated rings. The van der Waals surface area contributed by atoms with Crippen LogP contribution in [0.4, 0.5) is 5.69 Å². The molecule has 8 rings (SSSR count). The highest BCUT2D eigenvalue weighted by Gasteiger charge is 2.57. The highest BCUT2D eigenvalue weighted by atomic mass is 16.5. The Hall–Kier alpha value is -4.31. The van der Waals surface area contributed by atoms with E-state index < -0.39 is 0 Å². The number of hydrogen-bond donors (Lipinski definition) is 1. The molecule has 7 nitrogen and oxygen atoms in total. The summed E-state index contributed by atoms with van der Waals surface area (Å²) >= 11 is 0. The molecular weight excluding hydrogens is 560 g/mol. The number of nitrogens with zero attached hydrogens (tertiary/aromatic N) is 3. The van der Waals surface area contributed by atoms with E-state index in [4.69, 9.17) is 9.15 Å². The van der Waals surface area contributed by atoms with Crippen molar-refractivity contribution in [3.8, 4) is 34.3 Å². The van der Waals surface area contributed by atoms with Gasteiger partial charge in [0.15, 0.2) is 5.58 Å². The summed E-state index contributed by atoms with van der Waals surface area (Å²) in [5.41, 5.74) is 6.66. The number of carbonyl (C=O) groups excluding carboxylic acids is 1. The summed E-state index contributed by atoms with van der Waals surface area (Å²) in [5.74, 6) is 3.32. The summed E-state index contributed by atoms with van der Waals surface area (Å²) < 4.78 is 12.2. The Morgan fingerprint density at radius 3 is 2.82 bits per heavy atom. The van der Waals surface area contributed by atoms with Gasteiger partial charge in [0.05, 0.1) is 23.9 Å². The maximum atomic E-state index is 13.4. The van der Waals surface area contributed by atoms with E-state index in [1.54, 1.807) is 13.3 Å². The van der Waals surface area contributed by atoms with Gasteiger partial charge in [0.2, 0.25) is 0 Å². The van der Waals surface area contributed by atoms with Gasteiger partial charge in [-0.05, 0) is 104 Å². The number of hydrogen-bond acceptors (Lipinski definition) is 6. The van der Waals surface area contributed by atoms with Crippen LogP contribution in [0.1, 0.15) is 74.2 Å². The zero-order valence-electron chi connectivity index (χ0n) is 26.1. The normalized spacial score (nSPS) is 27.0. The van der Waals surface area contributed by atoms with E-state index in [9.17, 15) is 10.1 Å². The Morgan fingerprint density at radius 2 is 2.00 bits per heavy atom. The molecular formula is C38H40N4O3. The van der Waals surface area contributed by atoms with E-state index in [1.807, 2.05) is 36.4 Å². The number of benzene rings is 2. The third kappa shape index (κ3) is 4.77. The van der Waals surface area contributed by atoms with Crippen LogP contribution in [0.15, 0.2) is 59.1 Å². The largest absolute Gasteiger partial charge is 0.496 e. The first-order valence-corrected chi connectivity index (χ1v) is 16.6. The highest BCUT2D eigenvalue weighted by Crippen LogP contribution is 2.63. The van der Waals surface area contributed by atoms with Crippen molar-refractivity contribution < 1.29 is 13.9 Å². The van der Waals surface area contributed by atoms with Crippen molar-refractivity contribution in [3.63, 3.8) is 0 Å². The van der Waals surface area contributed by atoms with Crippen molar-refractivity contribution in [2.75, 3.05) is 25.1 Å². The van der Waals surface area contributed by atoms with Gasteiger partial charge in [-0.15, -0.1) is 0 Å². The van der Waals surface area contributed by atoms with Gasteiger partial charge in [-0.25, -0.2) is 0 Å². The van der Waals surface area contributed by atoms with Crippen LogP contribution in [0.25, 0.3) is 33.6 Å². The molecule has 3 heterocycles. The molecule has 1 N–H and O–H groups in total. The van der Waals surface area contributed by atoms with Gasteiger partial charge in [-0.1, -0.05) is 25.8 Å². The van der Waals surface area contributed by atoms with Crippen molar-refractivity contribution in [2.45, 2.75) is 64.3 Å². The topological polar surface area (TPSA) is 91.4 Å². The standard InChI is InChI=1S/C38H40N4O3/c1-23-12-15-42(22-23)33-9-7-25(16-27(33)21-39)28-11-14-40-31-18-35(45-36(28)31)29-8-6-26(17-34(29)44-2)37(43)41-32-20-38-13-10-24(19-38)4-3-5-30(32)38/h6-9,11,14,16-18,23-24,30,32H,3-5,10,12-13,15,19-20,22H2,1-2H3,(H,41,43). The molecule has 1 amide bonds. The first-order valence-electron chi connectivity index (χ1n) is 16.6. The number of rotatable bonds is 6. The smallest absolute Gasteiger partial charge is 0.251 e. The minimum Gasteiger partial charge on any atom is -0.496 e. The number of anilines is 1. The van der Waals surface area contributed by atoms with Gasteiger partial charge in [0.1, 0.15) is 23.1 Å². The Bertz CT molecular complexity index is 1840. The molecule has 0 radical (unpaired) electrons. The van der Waals surface area contributed by atoms with Crippen molar-refractivity contribution in [2.24, 2.45) is 23.2 Å². The van der Waals surface area contributed by atoms with E-state index in [2.05, 4.69) is 40.3 Å². The van der Waals surface area contributed by atoms with Crippen LogP contribution in [0.5, 0.6) is 5.75 Å². The second-order valence-corrected chi connectivity index (χ2v) is 14.1. The summed E-state index contributed by atoms with van der Waals surface area (Å²) in [7, 11) is 1.62. The fourth-order valence-electron chi connectivity index (χ4n) is 9.13. The first-order chi connectivity index (χ1) is 21.9. The number of aromatic nitrogens is 1. The van der Waals surface area contributed by atoms with Gasteiger partial charge in [-0.2, -0.15) is 5.26 Å². The summed E-state index contributed by atoms with van der Waals surface area (Å²) in [4.78, 5) is 20.3. The molecule has 230 valence electrons. The van der Waals surface area contributed by atoms with Gasteiger partial charge in [-0.3, -0.25) is 9.78 Å². The fraction of sp³-hybridized carbons (Fsp3) is 0.447. The number of fused-ring (bicyclic) bond motifs is 2. The lowest BCUT2D eigenvalue weighted by atomic mass is 9.55. The number of carbonyl (C=O) groups is 1.